The summed E-state index contributed by atoms with van der Waals surface area (Å²) in [7, 11) is 0. The van der Waals surface area contributed by atoms with Crippen LogP contribution in [0.15, 0.2) is 42.5 Å². The zero-order chi connectivity index (χ0) is 16.2. The molecule has 0 radical (unpaired) electrons. The highest BCUT2D eigenvalue weighted by Gasteiger charge is 2.16. The van der Waals surface area contributed by atoms with E-state index < -0.39 is 11.7 Å². The number of amides is 1. The highest BCUT2D eigenvalue weighted by Crippen LogP contribution is 2.19. The molecule has 22 heavy (non-hydrogen) atoms. The van der Waals surface area contributed by atoms with E-state index in [1.54, 1.807) is 0 Å². The zero-order valence-corrected chi connectivity index (χ0v) is 13.4. The predicted octanol–water partition coefficient (Wildman–Crippen LogP) is 3.23. The topological polar surface area (TPSA) is 64.3 Å². The Hall–Kier alpha value is -2.07. The lowest BCUT2D eigenvalue weighted by Gasteiger charge is -2.21. The van der Waals surface area contributed by atoms with Gasteiger partial charge >= 0.3 is 6.09 Å². The Bertz CT molecular complexity index is 642. The lowest BCUT2D eigenvalue weighted by Crippen LogP contribution is -2.41. The fourth-order valence-corrected chi connectivity index (χ4v) is 2.35. The first kappa shape index (κ1) is 16.3. The molecule has 3 N–H and O–H groups in total. The zero-order valence-electron chi connectivity index (χ0n) is 13.4. The maximum Gasteiger partial charge on any atom is 0.407 e. The molecule has 0 aromatic heterocycles. The Labute approximate surface area is 131 Å². The van der Waals surface area contributed by atoms with Crippen molar-refractivity contribution in [3.8, 4) is 0 Å². The summed E-state index contributed by atoms with van der Waals surface area (Å²) in [4.78, 5) is 11.6. The van der Waals surface area contributed by atoms with E-state index in [0.717, 1.165) is 0 Å². The molecular formula is C18H24N2O2. The number of nitrogens with two attached hydrogens (primary N) is 1. The minimum atomic E-state index is -0.496. The molecule has 0 spiro atoms. The maximum absolute atomic E-state index is 11.6. The van der Waals surface area contributed by atoms with Gasteiger partial charge in [0.2, 0.25) is 0 Å². The van der Waals surface area contributed by atoms with Crippen LogP contribution in [0.1, 0.15) is 26.3 Å². The summed E-state index contributed by atoms with van der Waals surface area (Å²) in [6.07, 6.45) is 0.276. The summed E-state index contributed by atoms with van der Waals surface area (Å²) in [6, 6.07) is 14.3. The maximum atomic E-state index is 11.6. The van der Waals surface area contributed by atoms with Crippen LogP contribution in [0.5, 0.6) is 0 Å². The van der Waals surface area contributed by atoms with Gasteiger partial charge in [-0.2, -0.15) is 0 Å². The average molecular weight is 300 g/mol. The number of fused-ring (bicyclic) bond motifs is 1. The monoisotopic (exact) mass is 300 g/mol. The Morgan fingerprint density at radius 3 is 2.59 bits per heavy atom. The Balaban J connectivity index is 1.94. The number of carbonyl (C=O) groups excluding carboxylic acids is 1. The van der Waals surface area contributed by atoms with Crippen LogP contribution in [0.25, 0.3) is 10.8 Å². The van der Waals surface area contributed by atoms with Crippen LogP contribution in [0, 0.1) is 0 Å². The molecule has 0 saturated carbocycles. The van der Waals surface area contributed by atoms with Crippen LogP contribution in [0.2, 0.25) is 0 Å². The molecular weight excluding hydrogens is 276 g/mol. The third kappa shape index (κ3) is 4.74. The second kappa shape index (κ2) is 6.79. The average Bonchev–Trinajstić information content (AvgIpc) is 2.44. The molecule has 2 aromatic carbocycles. The van der Waals surface area contributed by atoms with Crippen molar-refractivity contribution in [2.75, 3.05) is 6.54 Å². The fraction of sp³-hybridized carbons (Fsp3) is 0.389. The molecule has 4 heteroatoms. The molecule has 0 fully saturated rings. The Kier molecular flexibility index (Phi) is 5.03. The Morgan fingerprint density at radius 1 is 1.18 bits per heavy atom. The summed E-state index contributed by atoms with van der Waals surface area (Å²) in [5, 5.41) is 5.13. The number of carbonyl (C=O) groups is 1. The van der Waals surface area contributed by atoms with Crippen LogP contribution in [0.4, 0.5) is 4.79 Å². The molecule has 0 aliphatic carbocycles. The third-order valence-electron chi connectivity index (χ3n) is 3.27. The van der Waals surface area contributed by atoms with Gasteiger partial charge in [0, 0.05) is 12.6 Å². The van der Waals surface area contributed by atoms with Gasteiger partial charge in [0.1, 0.15) is 5.60 Å². The first-order valence-corrected chi connectivity index (χ1v) is 7.54. The van der Waals surface area contributed by atoms with E-state index >= 15 is 0 Å². The van der Waals surface area contributed by atoms with E-state index in [9.17, 15) is 4.79 Å². The molecule has 0 saturated heterocycles. The van der Waals surface area contributed by atoms with Gasteiger partial charge in [-0.3, -0.25) is 0 Å². The normalized spacial score (nSPS) is 12.9. The second-order valence-corrected chi connectivity index (χ2v) is 6.49. The SMILES string of the molecule is CC(C)(C)OC(=O)NCC(N)Cc1cccc2ccccc12. The number of benzene rings is 2. The van der Waals surface area contributed by atoms with Crippen molar-refractivity contribution >= 4 is 16.9 Å². The summed E-state index contributed by atoms with van der Waals surface area (Å²) in [6.45, 7) is 5.89. The molecule has 0 heterocycles. The van der Waals surface area contributed by atoms with Crippen LogP contribution in [-0.2, 0) is 11.2 Å². The summed E-state index contributed by atoms with van der Waals surface area (Å²) < 4.78 is 5.20. The second-order valence-electron chi connectivity index (χ2n) is 6.49. The van der Waals surface area contributed by atoms with Crippen molar-refractivity contribution < 1.29 is 9.53 Å². The number of hydrogen-bond donors (Lipinski definition) is 2. The van der Waals surface area contributed by atoms with Gasteiger partial charge in [-0.05, 0) is 43.5 Å². The molecule has 4 nitrogen and oxygen atoms in total. The van der Waals surface area contributed by atoms with E-state index in [2.05, 4.69) is 29.6 Å². The highest BCUT2D eigenvalue weighted by molar-refractivity contribution is 5.85. The van der Waals surface area contributed by atoms with Crippen LogP contribution in [0.3, 0.4) is 0 Å². The number of rotatable bonds is 4. The molecule has 0 aliphatic rings. The first-order valence-electron chi connectivity index (χ1n) is 7.54. The van der Waals surface area contributed by atoms with Crippen LogP contribution < -0.4 is 11.1 Å². The largest absolute Gasteiger partial charge is 0.444 e. The summed E-state index contributed by atoms with van der Waals surface area (Å²) in [5.74, 6) is 0. The van der Waals surface area contributed by atoms with Gasteiger partial charge in [-0.1, -0.05) is 42.5 Å². The molecule has 1 atom stereocenters. The molecule has 0 aliphatic heterocycles. The van der Waals surface area contributed by atoms with Gasteiger partial charge in [0.25, 0.3) is 0 Å². The van der Waals surface area contributed by atoms with Crippen molar-refractivity contribution in [2.24, 2.45) is 5.73 Å². The van der Waals surface area contributed by atoms with Crippen LogP contribution >= 0.6 is 0 Å². The summed E-state index contributed by atoms with van der Waals surface area (Å²) >= 11 is 0. The van der Waals surface area contributed by atoms with E-state index in [0.29, 0.717) is 13.0 Å². The van der Waals surface area contributed by atoms with Crippen LogP contribution in [-0.4, -0.2) is 24.3 Å². The standard InChI is InChI=1S/C18H24N2O2/c1-18(2,3)22-17(21)20-12-15(19)11-14-9-6-8-13-7-4-5-10-16(13)14/h4-10,15H,11-12,19H2,1-3H3,(H,20,21). The summed E-state index contributed by atoms with van der Waals surface area (Å²) in [5.41, 5.74) is 6.83. The lowest BCUT2D eigenvalue weighted by atomic mass is 9.99. The van der Waals surface area contributed by atoms with Gasteiger partial charge in [0.15, 0.2) is 0 Å². The number of hydrogen-bond acceptors (Lipinski definition) is 3. The van der Waals surface area contributed by atoms with E-state index in [-0.39, 0.29) is 6.04 Å². The number of alkyl carbamates (subject to hydrolysis) is 1. The van der Waals surface area contributed by atoms with Crippen molar-refractivity contribution in [3.63, 3.8) is 0 Å². The predicted molar refractivity (Wildman–Crippen MR) is 89.9 cm³/mol. The van der Waals surface area contributed by atoms with E-state index in [1.165, 1.54) is 16.3 Å². The smallest absolute Gasteiger partial charge is 0.407 e. The molecule has 1 unspecified atom stereocenters. The van der Waals surface area contributed by atoms with Gasteiger partial charge < -0.3 is 15.8 Å². The third-order valence-corrected chi connectivity index (χ3v) is 3.27. The lowest BCUT2D eigenvalue weighted by molar-refractivity contribution is 0.0524. The van der Waals surface area contributed by atoms with E-state index in [4.69, 9.17) is 10.5 Å². The van der Waals surface area contributed by atoms with Gasteiger partial charge in [-0.15, -0.1) is 0 Å². The van der Waals surface area contributed by atoms with Crippen molar-refractivity contribution in [1.29, 1.82) is 0 Å². The van der Waals surface area contributed by atoms with Gasteiger partial charge in [0.05, 0.1) is 0 Å². The highest BCUT2D eigenvalue weighted by atomic mass is 16.6. The quantitative estimate of drug-likeness (QED) is 0.911. The van der Waals surface area contributed by atoms with Crippen molar-refractivity contribution in [3.05, 3.63) is 48.0 Å². The molecule has 118 valence electrons. The molecule has 0 bridgehead atoms. The number of ether oxygens (including phenoxy) is 1. The minimum absolute atomic E-state index is 0.154. The molecule has 2 aromatic rings. The molecule has 1 amide bonds. The Morgan fingerprint density at radius 2 is 1.86 bits per heavy atom. The van der Waals surface area contributed by atoms with Crippen molar-refractivity contribution in [2.45, 2.75) is 38.8 Å². The number of nitrogens with one attached hydrogen (secondary N) is 1. The van der Waals surface area contributed by atoms with Crippen molar-refractivity contribution in [1.82, 2.24) is 5.32 Å². The first-order chi connectivity index (χ1) is 10.3. The van der Waals surface area contributed by atoms with E-state index in [1.807, 2.05) is 39.0 Å². The fourth-order valence-electron chi connectivity index (χ4n) is 2.35. The molecule has 2 rings (SSSR count). The van der Waals surface area contributed by atoms with Gasteiger partial charge in [-0.25, -0.2) is 4.79 Å². The minimum Gasteiger partial charge on any atom is -0.444 e.